The molecule has 3 heteroatoms. The Kier molecular flexibility index (Phi) is 1.42. The topological polar surface area (TPSA) is 38.3 Å². The Bertz CT molecular complexity index is 179. The second kappa shape index (κ2) is 2.21. The molecule has 11 heavy (non-hydrogen) atoms. The van der Waals surface area contributed by atoms with Crippen molar-refractivity contribution in [3.05, 3.63) is 0 Å². The predicted molar refractivity (Wildman–Crippen MR) is 40.1 cm³/mol. The first-order valence-electron chi connectivity index (χ1n) is 4.09. The Hall–Kier alpha value is -0.570. The van der Waals surface area contributed by atoms with Gasteiger partial charge in [-0.05, 0) is 25.8 Å². The molecule has 2 fully saturated rings. The van der Waals surface area contributed by atoms with Gasteiger partial charge in [-0.2, -0.15) is 0 Å². The first kappa shape index (κ1) is 7.10. The van der Waals surface area contributed by atoms with Crippen LogP contribution in [0.15, 0.2) is 0 Å². The number of rotatable bonds is 1. The van der Waals surface area contributed by atoms with Crippen molar-refractivity contribution in [3.63, 3.8) is 0 Å². The summed E-state index contributed by atoms with van der Waals surface area (Å²) in [6.07, 6.45) is 3.21. The summed E-state index contributed by atoms with van der Waals surface area (Å²) in [6, 6.07) is 0. The minimum Gasteiger partial charge on any atom is -0.469 e. The zero-order valence-electron chi connectivity index (χ0n) is 6.72. The van der Waals surface area contributed by atoms with Gasteiger partial charge in [0.05, 0.1) is 13.0 Å². The number of ether oxygens (including phenoxy) is 1. The first-order chi connectivity index (χ1) is 5.26. The van der Waals surface area contributed by atoms with Gasteiger partial charge in [0, 0.05) is 5.54 Å². The molecular formula is C8H13NO2. The zero-order valence-corrected chi connectivity index (χ0v) is 6.72. The number of hydrogen-bond acceptors (Lipinski definition) is 3. The van der Waals surface area contributed by atoms with E-state index in [4.69, 9.17) is 0 Å². The van der Waals surface area contributed by atoms with E-state index in [1.807, 2.05) is 0 Å². The Balaban J connectivity index is 1.83. The lowest BCUT2D eigenvalue weighted by molar-refractivity contribution is -0.153. The summed E-state index contributed by atoms with van der Waals surface area (Å²) in [5, 5.41) is 3.36. The first-order valence-corrected chi connectivity index (χ1v) is 4.09. The van der Waals surface area contributed by atoms with E-state index >= 15 is 0 Å². The lowest BCUT2D eigenvalue weighted by Gasteiger charge is -2.53. The van der Waals surface area contributed by atoms with Gasteiger partial charge in [-0.3, -0.25) is 4.79 Å². The second-order valence-corrected chi connectivity index (χ2v) is 3.59. The van der Waals surface area contributed by atoms with Crippen LogP contribution in [0.5, 0.6) is 0 Å². The van der Waals surface area contributed by atoms with Crippen LogP contribution in [0.25, 0.3) is 0 Å². The normalized spacial score (nSPS) is 41.0. The smallest absolute Gasteiger partial charge is 0.308 e. The van der Waals surface area contributed by atoms with E-state index in [9.17, 15) is 4.79 Å². The number of hydrogen-bond donors (Lipinski definition) is 1. The third-order valence-corrected chi connectivity index (χ3v) is 2.91. The highest BCUT2D eigenvalue weighted by Gasteiger charge is 2.51. The Morgan fingerprint density at radius 1 is 1.64 bits per heavy atom. The van der Waals surface area contributed by atoms with Gasteiger partial charge in [0.2, 0.25) is 0 Å². The van der Waals surface area contributed by atoms with Crippen molar-refractivity contribution in [1.82, 2.24) is 5.32 Å². The fourth-order valence-electron chi connectivity index (χ4n) is 2.04. The van der Waals surface area contributed by atoms with Gasteiger partial charge in [-0.15, -0.1) is 0 Å². The van der Waals surface area contributed by atoms with Crippen LogP contribution in [-0.4, -0.2) is 25.2 Å². The van der Waals surface area contributed by atoms with Crippen molar-refractivity contribution >= 4 is 5.97 Å². The maximum Gasteiger partial charge on any atom is 0.308 e. The molecule has 2 aliphatic rings. The Labute approximate surface area is 66.1 Å². The van der Waals surface area contributed by atoms with E-state index in [1.165, 1.54) is 13.5 Å². The van der Waals surface area contributed by atoms with Crippen LogP contribution in [0, 0.1) is 5.92 Å². The number of nitrogens with one attached hydrogen (secondary N) is 1. The van der Waals surface area contributed by atoms with Crippen molar-refractivity contribution < 1.29 is 9.53 Å². The SMILES string of the molecule is COC(=O)C1CC2(CCN2)C1. The predicted octanol–water partition coefficient (Wildman–Crippen LogP) is 0.301. The molecule has 1 aliphatic carbocycles. The van der Waals surface area contributed by atoms with Gasteiger partial charge in [-0.1, -0.05) is 0 Å². The van der Waals surface area contributed by atoms with Crippen molar-refractivity contribution in [3.8, 4) is 0 Å². The minimum atomic E-state index is -0.0377. The summed E-state index contributed by atoms with van der Waals surface area (Å²) in [7, 11) is 1.46. The van der Waals surface area contributed by atoms with E-state index < -0.39 is 0 Å². The Morgan fingerprint density at radius 3 is 2.64 bits per heavy atom. The van der Waals surface area contributed by atoms with Gasteiger partial charge in [0.1, 0.15) is 0 Å². The molecule has 1 heterocycles. The second-order valence-electron chi connectivity index (χ2n) is 3.59. The molecule has 62 valence electrons. The van der Waals surface area contributed by atoms with Crippen molar-refractivity contribution in [2.45, 2.75) is 24.8 Å². The van der Waals surface area contributed by atoms with Gasteiger partial charge in [0.15, 0.2) is 0 Å². The highest BCUT2D eigenvalue weighted by atomic mass is 16.5. The molecule has 1 spiro atoms. The van der Waals surface area contributed by atoms with E-state index in [1.54, 1.807) is 0 Å². The molecule has 1 saturated carbocycles. The average molecular weight is 155 g/mol. The third kappa shape index (κ3) is 0.948. The quantitative estimate of drug-likeness (QED) is 0.553. The molecule has 0 unspecified atom stereocenters. The molecule has 0 amide bonds. The summed E-state index contributed by atoms with van der Waals surface area (Å²) in [5.74, 6) is 0.136. The molecule has 1 N–H and O–H groups in total. The van der Waals surface area contributed by atoms with E-state index in [0.717, 1.165) is 19.4 Å². The lowest BCUT2D eigenvalue weighted by Crippen LogP contribution is -2.65. The van der Waals surface area contributed by atoms with Gasteiger partial charge in [-0.25, -0.2) is 0 Å². The van der Waals surface area contributed by atoms with Crippen LogP contribution < -0.4 is 5.32 Å². The molecule has 0 aromatic carbocycles. The van der Waals surface area contributed by atoms with Crippen LogP contribution >= 0.6 is 0 Å². The number of esters is 1. The average Bonchev–Trinajstić information content (AvgIpc) is 1.81. The van der Waals surface area contributed by atoms with Crippen molar-refractivity contribution in [1.29, 1.82) is 0 Å². The zero-order chi connectivity index (χ0) is 7.90. The van der Waals surface area contributed by atoms with Gasteiger partial charge >= 0.3 is 5.97 Å². The summed E-state index contributed by atoms with van der Waals surface area (Å²) in [5.41, 5.74) is 0.346. The van der Waals surface area contributed by atoms with Crippen LogP contribution in [0.3, 0.4) is 0 Å². The fraction of sp³-hybridized carbons (Fsp3) is 0.875. The summed E-state index contributed by atoms with van der Waals surface area (Å²) in [6.45, 7) is 1.12. The number of carbonyl (C=O) groups is 1. The van der Waals surface area contributed by atoms with Crippen molar-refractivity contribution in [2.75, 3.05) is 13.7 Å². The summed E-state index contributed by atoms with van der Waals surface area (Å²) in [4.78, 5) is 11.0. The fourth-order valence-corrected chi connectivity index (χ4v) is 2.04. The molecule has 2 rings (SSSR count). The van der Waals surface area contributed by atoms with Crippen LogP contribution in [0.2, 0.25) is 0 Å². The minimum absolute atomic E-state index is 0.0377. The summed E-state index contributed by atoms with van der Waals surface area (Å²) < 4.78 is 4.65. The van der Waals surface area contributed by atoms with E-state index in [0.29, 0.717) is 5.54 Å². The maximum absolute atomic E-state index is 11.0. The van der Waals surface area contributed by atoms with Crippen molar-refractivity contribution in [2.24, 2.45) is 5.92 Å². The largest absolute Gasteiger partial charge is 0.469 e. The molecule has 3 nitrogen and oxygen atoms in total. The monoisotopic (exact) mass is 155 g/mol. The molecule has 0 bridgehead atoms. The molecular weight excluding hydrogens is 142 g/mol. The van der Waals surface area contributed by atoms with Crippen LogP contribution in [0.1, 0.15) is 19.3 Å². The molecule has 0 aromatic rings. The Morgan fingerprint density at radius 2 is 2.27 bits per heavy atom. The third-order valence-electron chi connectivity index (χ3n) is 2.91. The standard InChI is InChI=1S/C8H13NO2/c1-11-7(10)6-4-8(5-6)2-3-9-8/h6,9H,2-5H2,1H3. The molecule has 0 radical (unpaired) electrons. The van der Waals surface area contributed by atoms with E-state index in [2.05, 4.69) is 10.1 Å². The van der Waals surface area contributed by atoms with Gasteiger partial charge in [0.25, 0.3) is 0 Å². The number of carbonyl (C=O) groups excluding carboxylic acids is 1. The highest BCUT2D eigenvalue weighted by Crippen LogP contribution is 2.44. The number of methoxy groups -OCH3 is 1. The highest BCUT2D eigenvalue weighted by molar-refractivity contribution is 5.74. The molecule has 1 aliphatic heterocycles. The van der Waals surface area contributed by atoms with Crippen LogP contribution in [0.4, 0.5) is 0 Å². The molecule has 0 aromatic heterocycles. The van der Waals surface area contributed by atoms with Crippen LogP contribution in [-0.2, 0) is 9.53 Å². The molecule has 1 saturated heterocycles. The summed E-state index contributed by atoms with van der Waals surface area (Å²) >= 11 is 0. The molecule has 0 atom stereocenters. The lowest BCUT2D eigenvalue weighted by atomic mass is 9.63. The van der Waals surface area contributed by atoms with Gasteiger partial charge < -0.3 is 10.1 Å². The van der Waals surface area contributed by atoms with E-state index in [-0.39, 0.29) is 11.9 Å². The maximum atomic E-state index is 11.0.